The number of aryl methyl sites for hydroxylation is 1. The zero-order valence-electron chi connectivity index (χ0n) is 17.1. The fourth-order valence-corrected chi connectivity index (χ4v) is 4.40. The van der Waals surface area contributed by atoms with E-state index in [4.69, 9.17) is 16.6 Å². The molecular weight excluding hydrogens is 430 g/mol. The van der Waals surface area contributed by atoms with E-state index < -0.39 is 24.5 Å². The minimum Gasteiger partial charge on any atom is -0.480 e. The molecule has 3 aromatic rings. The molecule has 1 aliphatic rings. The zero-order chi connectivity index (χ0) is 22.7. The van der Waals surface area contributed by atoms with Gasteiger partial charge in [0.1, 0.15) is 18.5 Å². The van der Waals surface area contributed by atoms with Crippen LogP contribution in [-0.4, -0.2) is 55.4 Å². The van der Waals surface area contributed by atoms with Gasteiger partial charge in [0.25, 0.3) is 0 Å². The van der Waals surface area contributed by atoms with Gasteiger partial charge in [-0.05, 0) is 36.1 Å². The number of benzene rings is 1. The van der Waals surface area contributed by atoms with Gasteiger partial charge in [-0.25, -0.2) is 9.97 Å². The molecule has 0 aliphatic heterocycles. The third-order valence-corrected chi connectivity index (χ3v) is 6.19. The molecule has 0 saturated carbocycles. The number of carboxylic acids is 1. The lowest BCUT2D eigenvalue weighted by Gasteiger charge is -2.12. The normalized spacial score (nSPS) is 16.7. The van der Waals surface area contributed by atoms with Crippen LogP contribution in [0, 0.1) is 0 Å². The molecule has 0 saturated heterocycles. The van der Waals surface area contributed by atoms with E-state index in [1.165, 1.54) is 17.3 Å². The summed E-state index contributed by atoms with van der Waals surface area (Å²) < 4.78 is 0. The third kappa shape index (κ3) is 4.73. The molecule has 0 unspecified atom stereocenters. The summed E-state index contributed by atoms with van der Waals surface area (Å²) in [6.45, 7) is -0.469. The Morgan fingerprint density at radius 1 is 1.34 bits per heavy atom. The number of carbonyl (C=O) groups excluding carboxylic acids is 1. The van der Waals surface area contributed by atoms with Gasteiger partial charge < -0.3 is 26.9 Å². The van der Waals surface area contributed by atoms with Gasteiger partial charge in [-0.2, -0.15) is 0 Å². The Kier molecular flexibility index (Phi) is 6.37. The van der Waals surface area contributed by atoms with Crippen LogP contribution in [0.25, 0.3) is 22.3 Å². The van der Waals surface area contributed by atoms with Crippen molar-refractivity contribution in [2.24, 2.45) is 16.5 Å². The van der Waals surface area contributed by atoms with E-state index in [0.717, 1.165) is 40.7 Å². The molecule has 11 heteroatoms. The van der Waals surface area contributed by atoms with Crippen molar-refractivity contribution in [3.05, 3.63) is 47.9 Å². The van der Waals surface area contributed by atoms with Crippen LogP contribution >= 0.6 is 11.8 Å². The molecular formula is C21H23N7O3S. The standard InChI is InChI=1S/C21H23N7O3S/c22-15(20(31)25-8-17(29)30)9-32-21(23)28-16-4-3-11-1-2-12(7-14(11)16)18-13-5-6-24-19(13)27-10-26-18/h1-2,5-7,10,15-16H,3-4,8-9,22H2,(H2,23,28)(H,25,31)(H,29,30)(H,24,26,27)/t15-,16-/m0/s1. The lowest BCUT2D eigenvalue weighted by atomic mass is 10.0. The Morgan fingerprint density at radius 2 is 2.19 bits per heavy atom. The summed E-state index contributed by atoms with van der Waals surface area (Å²) in [5, 5.41) is 12.2. The van der Waals surface area contributed by atoms with E-state index in [2.05, 4.69) is 43.5 Å². The Hall–Kier alpha value is -3.44. The van der Waals surface area contributed by atoms with Crippen molar-refractivity contribution in [1.29, 1.82) is 0 Å². The van der Waals surface area contributed by atoms with Crippen molar-refractivity contribution in [1.82, 2.24) is 20.3 Å². The lowest BCUT2D eigenvalue weighted by Crippen LogP contribution is -2.44. The van der Waals surface area contributed by atoms with Crippen LogP contribution in [0.1, 0.15) is 23.6 Å². The van der Waals surface area contributed by atoms with Gasteiger partial charge in [0.05, 0.1) is 17.8 Å². The lowest BCUT2D eigenvalue weighted by molar-refractivity contribution is -0.138. The maximum atomic E-state index is 11.8. The number of carboxylic acid groups (broad SMARTS) is 1. The molecule has 32 heavy (non-hydrogen) atoms. The van der Waals surface area contributed by atoms with Crippen molar-refractivity contribution in [2.45, 2.75) is 24.9 Å². The van der Waals surface area contributed by atoms with Gasteiger partial charge in [0.15, 0.2) is 5.17 Å². The molecule has 2 aromatic heterocycles. The molecule has 1 aromatic carbocycles. The van der Waals surface area contributed by atoms with Gasteiger partial charge in [-0.15, -0.1) is 0 Å². The molecule has 2 atom stereocenters. The molecule has 0 fully saturated rings. The summed E-state index contributed by atoms with van der Waals surface area (Å²) in [7, 11) is 0. The number of aliphatic imine (C=N–C) groups is 1. The number of hydrogen-bond donors (Lipinski definition) is 5. The highest BCUT2D eigenvalue weighted by atomic mass is 32.2. The van der Waals surface area contributed by atoms with Crippen molar-refractivity contribution in [2.75, 3.05) is 12.3 Å². The van der Waals surface area contributed by atoms with E-state index in [1.54, 1.807) is 6.33 Å². The number of rotatable bonds is 7. The first-order valence-electron chi connectivity index (χ1n) is 10.0. The molecule has 1 amide bonds. The second-order valence-corrected chi connectivity index (χ2v) is 8.47. The fraction of sp³-hybridized carbons (Fsp3) is 0.286. The average molecular weight is 454 g/mol. The number of aliphatic carboxylic acids is 1. The van der Waals surface area contributed by atoms with Crippen LogP contribution in [0.3, 0.4) is 0 Å². The third-order valence-electron chi connectivity index (χ3n) is 5.26. The molecule has 7 N–H and O–H groups in total. The smallest absolute Gasteiger partial charge is 0.322 e. The Balaban J connectivity index is 1.46. The number of thioether (sulfide) groups is 1. The zero-order valence-corrected chi connectivity index (χ0v) is 17.9. The predicted octanol–water partition coefficient (Wildman–Crippen LogP) is 1.19. The highest BCUT2D eigenvalue weighted by molar-refractivity contribution is 8.13. The quantitative estimate of drug-likeness (QED) is 0.262. The highest BCUT2D eigenvalue weighted by Crippen LogP contribution is 2.37. The number of nitrogens with two attached hydrogens (primary N) is 2. The molecule has 10 nitrogen and oxygen atoms in total. The fourth-order valence-electron chi connectivity index (χ4n) is 3.70. The molecule has 4 rings (SSSR count). The number of nitrogens with one attached hydrogen (secondary N) is 2. The summed E-state index contributed by atoms with van der Waals surface area (Å²) in [4.78, 5) is 38.8. The summed E-state index contributed by atoms with van der Waals surface area (Å²) in [5.74, 6) is -1.46. The second-order valence-electron chi connectivity index (χ2n) is 7.43. The number of hydrogen-bond acceptors (Lipinski definition) is 7. The number of aromatic nitrogens is 3. The minimum atomic E-state index is -1.13. The van der Waals surface area contributed by atoms with Crippen LogP contribution in [-0.2, 0) is 16.0 Å². The topological polar surface area (TPSA) is 172 Å². The minimum absolute atomic E-state index is 0.0851. The van der Waals surface area contributed by atoms with E-state index in [-0.39, 0.29) is 11.8 Å². The van der Waals surface area contributed by atoms with E-state index in [1.807, 2.05) is 12.3 Å². The van der Waals surface area contributed by atoms with Crippen molar-refractivity contribution < 1.29 is 14.7 Å². The van der Waals surface area contributed by atoms with E-state index >= 15 is 0 Å². The van der Waals surface area contributed by atoms with Gasteiger partial charge in [-0.3, -0.25) is 14.6 Å². The van der Waals surface area contributed by atoms with Gasteiger partial charge >= 0.3 is 5.97 Å². The van der Waals surface area contributed by atoms with Crippen molar-refractivity contribution in [3.63, 3.8) is 0 Å². The van der Waals surface area contributed by atoms with Crippen LogP contribution in [0.4, 0.5) is 0 Å². The maximum Gasteiger partial charge on any atom is 0.322 e. The first-order valence-corrected chi connectivity index (χ1v) is 11.0. The number of amidine groups is 1. The second kappa shape index (κ2) is 9.37. The molecule has 0 radical (unpaired) electrons. The molecule has 1 aliphatic carbocycles. The number of carbonyl (C=O) groups is 2. The highest BCUT2D eigenvalue weighted by Gasteiger charge is 2.24. The first-order chi connectivity index (χ1) is 15.4. The first kappa shape index (κ1) is 21.8. The molecule has 2 heterocycles. The SMILES string of the molecule is NC(=N[C@H]1CCc2ccc(-c3ncnc4[nH]ccc34)cc21)SC[C@H](N)C(=O)NCC(=O)O. The Bertz CT molecular complexity index is 1190. The van der Waals surface area contributed by atoms with E-state index in [0.29, 0.717) is 5.17 Å². The van der Waals surface area contributed by atoms with E-state index in [9.17, 15) is 9.59 Å². The van der Waals surface area contributed by atoms with Gasteiger partial charge in [0.2, 0.25) is 5.91 Å². The predicted molar refractivity (Wildman–Crippen MR) is 123 cm³/mol. The maximum absolute atomic E-state index is 11.8. The summed E-state index contributed by atoms with van der Waals surface area (Å²) in [6.07, 6.45) is 5.13. The largest absolute Gasteiger partial charge is 0.480 e. The van der Waals surface area contributed by atoms with Crippen LogP contribution in [0.2, 0.25) is 0 Å². The van der Waals surface area contributed by atoms with Gasteiger partial charge in [-0.1, -0.05) is 23.9 Å². The Labute approximate surface area is 187 Å². The number of aromatic amines is 1. The van der Waals surface area contributed by atoms with Crippen molar-refractivity contribution >= 4 is 39.8 Å². The number of H-pyrrole nitrogens is 1. The molecule has 0 bridgehead atoms. The monoisotopic (exact) mass is 453 g/mol. The summed E-state index contributed by atoms with van der Waals surface area (Å²) in [5.41, 5.74) is 16.9. The van der Waals surface area contributed by atoms with Crippen LogP contribution in [0.5, 0.6) is 0 Å². The summed E-state index contributed by atoms with van der Waals surface area (Å²) >= 11 is 1.18. The molecule has 0 spiro atoms. The van der Waals surface area contributed by atoms with Crippen LogP contribution < -0.4 is 16.8 Å². The number of nitrogens with zero attached hydrogens (tertiary/aromatic N) is 3. The van der Waals surface area contributed by atoms with Crippen molar-refractivity contribution in [3.8, 4) is 11.3 Å². The van der Waals surface area contributed by atoms with Crippen LogP contribution in [0.15, 0.2) is 41.8 Å². The average Bonchev–Trinajstić information content (AvgIpc) is 3.42. The Morgan fingerprint density at radius 3 is 3.00 bits per heavy atom. The number of amides is 1. The van der Waals surface area contributed by atoms with Gasteiger partial charge in [0, 0.05) is 22.9 Å². The molecule has 166 valence electrons. The number of fused-ring (bicyclic) bond motifs is 2. The summed E-state index contributed by atoms with van der Waals surface area (Å²) in [6, 6.07) is 7.27.